The molecule has 1 aromatic rings. The van der Waals surface area contributed by atoms with E-state index in [0.717, 1.165) is 16.9 Å². The van der Waals surface area contributed by atoms with E-state index in [1.54, 1.807) is 0 Å². The van der Waals surface area contributed by atoms with Crippen molar-refractivity contribution in [3.8, 4) is 11.5 Å². The molecule has 0 saturated carbocycles. The summed E-state index contributed by atoms with van der Waals surface area (Å²) in [5.74, 6) is 1.07. The van der Waals surface area contributed by atoms with Crippen LogP contribution in [-0.4, -0.2) is 19.9 Å². The van der Waals surface area contributed by atoms with E-state index in [4.69, 9.17) is 15.2 Å². The lowest BCUT2D eigenvalue weighted by atomic mass is 9.99. The van der Waals surface area contributed by atoms with E-state index >= 15 is 0 Å². The van der Waals surface area contributed by atoms with Gasteiger partial charge in [0.25, 0.3) is 0 Å². The number of nitrogens with two attached hydrogens (primary N) is 1. The monoisotopic (exact) mass is 237 g/mol. The maximum atomic E-state index is 11.2. The molecule has 0 fully saturated rings. The minimum atomic E-state index is -0.392. The average Bonchev–Trinajstić information content (AvgIpc) is 2.74. The Morgan fingerprint density at radius 1 is 1.47 bits per heavy atom. The summed E-state index contributed by atoms with van der Waals surface area (Å²) < 4.78 is 15.1. The van der Waals surface area contributed by atoms with Gasteiger partial charge in [0.2, 0.25) is 6.79 Å². The van der Waals surface area contributed by atoms with Gasteiger partial charge >= 0.3 is 5.97 Å². The van der Waals surface area contributed by atoms with Gasteiger partial charge in [0.05, 0.1) is 13.5 Å². The highest BCUT2D eigenvalue weighted by atomic mass is 16.7. The Bertz CT molecular complexity index is 444. The smallest absolute Gasteiger partial charge is 0.307 e. The summed E-state index contributed by atoms with van der Waals surface area (Å²) >= 11 is 0. The van der Waals surface area contributed by atoms with Crippen LogP contribution in [0.5, 0.6) is 11.5 Å². The fourth-order valence-electron chi connectivity index (χ4n) is 1.83. The number of ether oxygens (including phenoxy) is 3. The van der Waals surface area contributed by atoms with Gasteiger partial charge in [-0.1, -0.05) is 0 Å². The SMILES string of the molecule is COC(=O)CC(N)c1cc2c(cc1C)OCO2. The van der Waals surface area contributed by atoms with Crippen molar-refractivity contribution in [2.24, 2.45) is 5.73 Å². The molecule has 92 valence electrons. The molecule has 1 atom stereocenters. The van der Waals surface area contributed by atoms with E-state index < -0.39 is 6.04 Å². The first kappa shape index (κ1) is 11.7. The number of aryl methyl sites for hydroxylation is 1. The number of carbonyl (C=O) groups excluding carboxylic acids is 1. The lowest BCUT2D eigenvalue weighted by Gasteiger charge is -2.14. The molecule has 0 aliphatic carbocycles. The van der Waals surface area contributed by atoms with Gasteiger partial charge in [0.1, 0.15) is 0 Å². The Balaban J connectivity index is 2.23. The highest BCUT2D eigenvalue weighted by Crippen LogP contribution is 2.36. The van der Waals surface area contributed by atoms with Crippen LogP contribution in [0.3, 0.4) is 0 Å². The number of esters is 1. The molecule has 1 unspecified atom stereocenters. The Hall–Kier alpha value is -1.75. The third-order valence-electron chi connectivity index (χ3n) is 2.77. The van der Waals surface area contributed by atoms with Crippen molar-refractivity contribution in [2.75, 3.05) is 13.9 Å². The number of carbonyl (C=O) groups is 1. The first-order valence-electron chi connectivity index (χ1n) is 5.34. The zero-order valence-electron chi connectivity index (χ0n) is 9.86. The van der Waals surface area contributed by atoms with Gasteiger partial charge in [-0.15, -0.1) is 0 Å². The molecule has 5 nitrogen and oxygen atoms in total. The van der Waals surface area contributed by atoms with Crippen LogP contribution in [0.15, 0.2) is 12.1 Å². The maximum Gasteiger partial charge on any atom is 0.307 e. The molecule has 0 amide bonds. The van der Waals surface area contributed by atoms with Crippen LogP contribution in [0, 0.1) is 6.92 Å². The molecule has 17 heavy (non-hydrogen) atoms. The third kappa shape index (κ3) is 2.34. The van der Waals surface area contributed by atoms with Crippen LogP contribution in [0.2, 0.25) is 0 Å². The number of fused-ring (bicyclic) bond motifs is 1. The summed E-state index contributed by atoms with van der Waals surface area (Å²) in [5.41, 5.74) is 7.82. The quantitative estimate of drug-likeness (QED) is 0.802. The van der Waals surface area contributed by atoms with Crippen molar-refractivity contribution in [3.63, 3.8) is 0 Å². The molecular weight excluding hydrogens is 222 g/mol. The topological polar surface area (TPSA) is 70.8 Å². The molecule has 1 aliphatic heterocycles. The predicted octanol–water partition coefficient (Wildman–Crippen LogP) is 1.29. The van der Waals surface area contributed by atoms with Gasteiger partial charge in [0, 0.05) is 6.04 Å². The Morgan fingerprint density at radius 3 is 2.76 bits per heavy atom. The van der Waals surface area contributed by atoms with Crippen LogP contribution in [0.25, 0.3) is 0 Å². The molecule has 2 N–H and O–H groups in total. The Kier molecular flexibility index (Phi) is 3.19. The van der Waals surface area contributed by atoms with E-state index in [1.807, 2.05) is 19.1 Å². The number of methoxy groups -OCH3 is 1. The molecule has 0 radical (unpaired) electrons. The molecule has 5 heteroatoms. The van der Waals surface area contributed by atoms with Crippen LogP contribution >= 0.6 is 0 Å². The summed E-state index contributed by atoms with van der Waals surface area (Å²) in [6.07, 6.45) is 0.150. The molecule has 0 saturated heterocycles. The highest BCUT2D eigenvalue weighted by Gasteiger charge is 2.20. The largest absolute Gasteiger partial charge is 0.469 e. The van der Waals surface area contributed by atoms with E-state index in [9.17, 15) is 4.79 Å². The van der Waals surface area contributed by atoms with Gasteiger partial charge in [-0.3, -0.25) is 4.79 Å². The van der Waals surface area contributed by atoms with Crippen molar-refractivity contribution in [3.05, 3.63) is 23.3 Å². The Morgan fingerprint density at radius 2 is 2.12 bits per heavy atom. The molecule has 1 aromatic carbocycles. The lowest BCUT2D eigenvalue weighted by molar-refractivity contribution is -0.141. The molecule has 1 heterocycles. The zero-order chi connectivity index (χ0) is 12.4. The summed E-state index contributed by atoms with van der Waals surface area (Å²) in [7, 11) is 1.35. The number of benzene rings is 1. The Labute approximate surface area is 99.5 Å². The van der Waals surface area contributed by atoms with Crippen molar-refractivity contribution in [2.45, 2.75) is 19.4 Å². The molecular formula is C12H15NO4. The van der Waals surface area contributed by atoms with Crippen molar-refractivity contribution >= 4 is 5.97 Å². The fourth-order valence-corrected chi connectivity index (χ4v) is 1.83. The van der Waals surface area contributed by atoms with E-state index in [0.29, 0.717) is 5.75 Å². The van der Waals surface area contributed by atoms with Gasteiger partial charge in [-0.25, -0.2) is 0 Å². The number of hydrogen-bond acceptors (Lipinski definition) is 5. The van der Waals surface area contributed by atoms with Crippen molar-refractivity contribution < 1.29 is 19.0 Å². The van der Waals surface area contributed by atoms with E-state index in [-0.39, 0.29) is 19.2 Å². The van der Waals surface area contributed by atoms with Crippen LogP contribution in [-0.2, 0) is 9.53 Å². The van der Waals surface area contributed by atoms with Gasteiger partial charge < -0.3 is 19.9 Å². The van der Waals surface area contributed by atoms with Crippen LogP contribution < -0.4 is 15.2 Å². The van der Waals surface area contributed by atoms with Gasteiger partial charge in [-0.2, -0.15) is 0 Å². The summed E-state index contributed by atoms with van der Waals surface area (Å²) in [6.45, 7) is 2.15. The van der Waals surface area contributed by atoms with Crippen molar-refractivity contribution in [1.29, 1.82) is 0 Å². The van der Waals surface area contributed by atoms with Gasteiger partial charge in [-0.05, 0) is 30.2 Å². The summed E-state index contributed by atoms with van der Waals surface area (Å²) in [6, 6.07) is 3.30. The second kappa shape index (κ2) is 4.63. The average molecular weight is 237 g/mol. The molecule has 1 aliphatic rings. The second-order valence-electron chi connectivity index (χ2n) is 3.95. The molecule has 0 bridgehead atoms. The number of rotatable bonds is 3. The maximum absolute atomic E-state index is 11.2. The number of hydrogen-bond donors (Lipinski definition) is 1. The van der Waals surface area contributed by atoms with Gasteiger partial charge in [0.15, 0.2) is 11.5 Å². The standard InChI is InChI=1S/C12H15NO4/c1-7-3-10-11(17-6-16-10)4-8(7)9(13)5-12(14)15-2/h3-4,9H,5-6,13H2,1-2H3. The minimum absolute atomic E-state index is 0.150. The fraction of sp³-hybridized carbons (Fsp3) is 0.417. The summed E-state index contributed by atoms with van der Waals surface area (Å²) in [4.78, 5) is 11.2. The molecule has 0 spiro atoms. The van der Waals surface area contributed by atoms with Crippen LogP contribution in [0.4, 0.5) is 0 Å². The van der Waals surface area contributed by atoms with E-state index in [1.165, 1.54) is 7.11 Å². The van der Waals surface area contributed by atoms with Crippen LogP contribution in [0.1, 0.15) is 23.6 Å². The first-order chi connectivity index (χ1) is 8.11. The molecule has 0 aromatic heterocycles. The highest BCUT2D eigenvalue weighted by molar-refractivity contribution is 5.70. The first-order valence-corrected chi connectivity index (χ1v) is 5.34. The van der Waals surface area contributed by atoms with E-state index in [2.05, 4.69) is 4.74 Å². The minimum Gasteiger partial charge on any atom is -0.469 e. The second-order valence-corrected chi connectivity index (χ2v) is 3.95. The normalized spacial score (nSPS) is 14.5. The summed E-state index contributed by atoms with van der Waals surface area (Å²) in [5, 5.41) is 0. The molecule has 2 rings (SSSR count). The van der Waals surface area contributed by atoms with Crippen molar-refractivity contribution in [1.82, 2.24) is 0 Å². The zero-order valence-corrected chi connectivity index (χ0v) is 9.86. The third-order valence-corrected chi connectivity index (χ3v) is 2.77. The lowest BCUT2D eigenvalue weighted by Crippen LogP contribution is -2.17. The predicted molar refractivity (Wildman–Crippen MR) is 60.9 cm³/mol.